The summed E-state index contributed by atoms with van der Waals surface area (Å²) in [5.74, 6) is -0.106. The van der Waals surface area contributed by atoms with Gasteiger partial charge in [-0.1, -0.05) is 6.07 Å². The van der Waals surface area contributed by atoms with E-state index >= 15 is 0 Å². The Kier molecular flexibility index (Phi) is 3.47. The van der Waals surface area contributed by atoms with Crippen molar-refractivity contribution < 1.29 is 4.79 Å². The van der Waals surface area contributed by atoms with E-state index in [2.05, 4.69) is 17.2 Å². The summed E-state index contributed by atoms with van der Waals surface area (Å²) in [5, 5.41) is 3.95. The zero-order chi connectivity index (χ0) is 15.0. The van der Waals surface area contributed by atoms with E-state index in [1.165, 1.54) is 11.1 Å². The van der Waals surface area contributed by atoms with Crippen LogP contribution in [0.25, 0.3) is 10.2 Å². The van der Waals surface area contributed by atoms with E-state index in [-0.39, 0.29) is 5.91 Å². The van der Waals surface area contributed by atoms with E-state index < -0.39 is 0 Å². The van der Waals surface area contributed by atoms with Crippen LogP contribution in [0.1, 0.15) is 26.5 Å². The fourth-order valence-electron chi connectivity index (χ4n) is 2.21. The van der Waals surface area contributed by atoms with Gasteiger partial charge in [-0.25, -0.2) is 4.98 Å². The molecular formula is C17H16N2OS. The molecule has 106 valence electrons. The third-order valence-electron chi connectivity index (χ3n) is 3.52. The van der Waals surface area contributed by atoms with Gasteiger partial charge in [-0.2, -0.15) is 0 Å². The minimum atomic E-state index is -0.106. The predicted octanol–water partition coefficient (Wildman–Crippen LogP) is 4.47. The van der Waals surface area contributed by atoms with Gasteiger partial charge in [0.25, 0.3) is 5.91 Å². The summed E-state index contributed by atoms with van der Waals surface area (Å²) in [7, 11) is 0. The number of nitrogens with zero attached hydrogens (tertiary/aromatic N) is 1. The van der Waals surface area contributed by atoms with Gasteiger partial charge in [-0.15, -0.1) is 11.3 Å². The van der Waals surface area contributed by atoms with Gasteiger partial charge in [0.15, 0.2) is 0 Å². The van der Waals surface area contributed by atoms with Crippen LogP contribution in [0, 0.1) is 20.8 Å². The standard InChI is InChI=1S/C17H16N2OS/c1-10-4-6-14(8-11(10)2)19-17(20)13-5-7-16-15(9-13)18-12(3)21-16/h4-9H,1-3H3,(H,19,20). The maximum Gasteiger partial charge on any atom is 0.255 e. The molecule has 0 atom stereocenters. The summed E-state index contributed by atoms with van der Waals surface area (Å²) in [6, 6.07) is 11.6. The van der Waals surface area contributed by atoms with Crippen molar-refractivity contribution in [2.45, 2.75) is 20.8 Å². The number of amides is 1. The van der Waals surface area contributed by atoms with Crippen LogP contribution in [-0.2, 0) is 0 Å². The number of carbonyl (C=O) groups excluding carboxylic acids is 1. The number of aryl methyl sites for hydroxylation is 3. The number of hydrogen-bond donors (Lipinski definition) is 1. The van der Waals surface area contributed by atoms with Gasteiger partial charge in [-0.3, -0.25) is 4.79 Å². The molecule has 0 aliphatic rings. The van der Waals surface area contributed by atoms with E-state index in [0.29, 0.717) is 5.56 Å². The zero-order valence-electron chi connectivity index (χ0n) is 12.2. The van der Waals surface area contributed by atoms with E-state index in [9.17, 15) is 4.79 Å². The third kappa shape index (κ3) is 2.81. The highest BCUT2D eigenvalue weighted by Gasteiger charge is 2.09. The second-order valence-corrected chi connectivity index (χ2v) is 6.40. The number of fused-ring (bicyclic) bond motifs is 1. The van der Waals surface area contributed by atoms with Crippen molar-refractivity contribution in [3.8, 4) is 0 Å². The highest BCUT2D eigenvalue weighted by Crippen LogP contribution is 2.23. The molecule has 2 aromatic carbocycles. The molecule has 0 bridgehead atoms. The number of nitrogens with one attached hydrogen (secondary N) is 1. The normalized spacial score (nSPS) is 10.8. The molecule has 4 heteroatoms. The number of anilines is 1. The Balaban J connectivity index is 1.87. The van der Waals surface area contributed by atoms with Gasteiger partial charge in [-0.05, 0) is 62.2 Å². The Hall–Kier alpha value is -2.20. The number of aromatic nitrogens is 1. The molecule has 0 aliphatic carbocycles. The molecule has 0 spiro atoms. The van der Waals surface area contributed by atoms with Gasteiger partial charge in [0.1, 0.15) is 0 Å². The van der Waals surface area contributed by atoms with Crippen LogP contribution in [0.4, 0.5) is 5.69 Å². The van der Waals surface area contributed by atoms with Gasteiger partial charge < -0.3 is 5.32 Å². The second kappa shape index (κ2) is 5.30. The molecule has 0 saturated carbocycles. The number of hydrogen-bond acceptors (Lipinski definition) is 3. The van der Waals surface area contributed by atoms with Crippen LogP contribution in [0.5, 0.6) is 0 Å². The highest BCUT2D eigenvalue weighted by molar-refractivity contribution is 7.18. The Morgan fingerprint density at radius 1 is 1.05 bits per heavy atom. The summed E-state index contributed by atoms with van der Waals surface area (Å²) >= 11 is 1.64. The van der Waals surface area contributed by atoms with Crippen molar-refractivity contribution >= 4 is 33.1 Å². The number of thiazole rings is 1. The molecule has 3 aromatic rings. The average Bonchev–Trinajstić information content (AvgIpc) is 2.82. The van der Waals surface area contributed by atoms with Crippen LogP contribution < -0.4 is 5.32 Å². The molecular weight excluding hydrogens is 280 g/mol. The van der Waals surface area contributed by atoms with Crippen molar-refractivity contribution in [2.75, 3.05) is 5.32 Å². The molecule has 0 saturated heterocycles. The molecule has 0 aliphatic heterocycles. The fourth-order valence-corrected chi connectivity index (χ4v) is 3.01. The lowest BCUT2D eigenvalue weighted by atomic mass is 10.1. The topological polar surface area (TPSA) is 42.0 Å². The molecule has 3 rings (SSSR count). The quantitative estimate of drug-likeness (QED) is 0.758. The largest absolute Gasteiger partial charge is 0.322 e. The van der Waals surface area contributed by atoms with Crippen molar-refractivity contribution in [1.29, 1.82) is 0 Å². The van der Waals surface area contributed by atoms with E-state index in [1.54, 1.807) is 11.3 Å². The first-order valence-electron chi connectivity index (χ1n) is 6.79. The van der Waals surface area contributed by atoms with Crippen molar-refractivity contribution in [1.82, 2.24) is 4.98 Å². The summed E-state index contributed by atoms with van der Waals surface area (Å²) in [6.07, 6.45) is 0. The minimum absolute atomic E-state index is 0.106. The summed E-state index contributed by atoms with van der Waals surface area (Å²) in [5.41, 5.74) is 4.71. The summed E-state index contributed by atoms with van der Waals surface area (Å²) < 4.78 is 1.11. The third-order valence-corrected chi connectivity index (χ3v) is 4.47. The Labute approximate surface area is 127 Å². The van der Waals surface area contributed by atoms with Gasteiger partial charge in [0.2, 0.25) is 0 Å². The zero-order valence-corrected chi connectivity index (χ0v) is 13.0. The highest BCUT2D eigenvalue weighted by atomic mass is 32.1. The smallest absolute Gasteiger partial charge is 0.255 e. The molecule has 0 unspecified atom stereocenters. The van der Waals surface area contributed by atoms with Crippen molar-refractivity contribution in [3.63, 3.8) is 0 Å². The SMILES string of the molecule is Cc1nc2cc(C(=O)Nc3ccc(C)c(C)c3)ccc2s1. The average molecular weight is 296 g/mol. The first-order chi connectivity index (χ1) is 10.0. The minimum Gasteiger partial charge on any atom is -0.322 e. The second-order valence-electron chi connectivity index (χ2n) is 5.17. The maximum atomic E-state index is 12.3. The van der Waals surface area contributed by atoms with Gasteiger partial charge >= 0.3 is 0 Å². The van der Waals surface area contributed by atoms with Crippen LogP contribution in [0.3, 0.4) is 0 Å². The predicted molar refractivity (Wildman–Crippen MR) is 88.2 cm³/mol. The molecule has 21 heavy (non-hydrogen) atoms. The Morgan fingerprint density at radius 2 is 1.86 bits per heavy atom. The van der Waals surface area contributed by atoms with Crippen LogP contribution >= 0.6 is 11.3 Å². The molecule has 0 radical (unpaired) electrons. The number of benzene rings is 2. The van der Waals surface area contributed by atoms with Crippen molar-refractivity contribution in [2.24, 2.45) is 0 Å². The first-order valence-corrected chi connectivity index (χ1v) is 7.60. The molecule has 1 heterocycles. The maximum absolute atomic E-state index is 12.3. The van der Waals surface area contributed by atoms with Gasteiger partial charge in [0.05, 0.1) is 15.2 Å². The molecule has 1 N–H and O–H groups in total. The number of rotatable bonds is 2. The molecule has 1 amide bonds. The molecule has 0 fully saturated rings. The molecule has 3 nitrogen and oxygen atoms in total. The van der Waals surface area contributed by atoms with E-state index in [1.807, 2.05) is 50.2 Å². The monoisotopic (exact) mass is 296 g/mol. The Morgan fingerprint density at radius 3 is 2.62 bits per heavy atom. The van der Waals surface area contributed by atoms with Crippen LogP contribution in [0.15, 0.2) is 36.4 Å². The van der Waals surface area contributed by atoms with E-state index in [0.717, 1.165) is 20.9 Å². The summed E-state index contributed by atoms with van der Waals surface area (Å²) in [6.45, 7) is 6.06. The lowest BCUT2D eigenvalue weighted by Gasteiger charge is -2.07. The van der Waals surface area contributed by atoms with Gasteiger partial charge in [0, 0.05) is 11.3 Å². The summed E-state index contributed by atoms with van der Waals surface area (Å²) in [4.78, 5) is 16.8. The van der Waals surface area contributed by atoms with Crippen LogP contribution in [0.2, 0.25) is 0 Å². The lowest BCUT2D eigenvalue weighted by Crippen LogP contribution is -2.11. The van der Waals surface area contributed by atoms with Crippen LogP contribution in [-0.4, -0.2) is 10.9 Å². The first kappa shape index (κ1) is 13.8. The Bertz CT molecular complexity index is 836. The van der Waals surface area contributed by atoms with Crippen molar-refractivity contribution in [3.05, 3.63) is 58.1 Å². The van der Waals surface area contributed by atoms with E-state index in [4.69, 9.17) is 0 Å². The number of carbonyl (C=O) groups is 1. The lowest BCUT2D eigenvalue weighted by molar-refractivity contribution is 0.102. The molecule has 1 aromatic heterocycles. The fraction of sp³-hybridized carbons (Fsp3) is 0.176.